The molecule has 0 bridgehead atoms. The van der Waals surface area contributed by atoms with Crippen LogP contribution < -0.4 is 20.7 Å². The first-order chi connectivity index (χ1) is 31.2. The van der Waals surface area contributed by atoms with Gasteiger partial charge in [0.25, 0.3) is 0 Å². The highest BCUT2D eigenvalue weighted by Crippen LogP contribution is 2.37. The molecular formula is C56H37N5OSi. The van der Waals surface area contributed by atoms with Crippen LogP contribution in [0.2, 0.25) is 0 Å². The van der Waals surface area contributed by atoms with Crippen LogP contribution in [0.5, 0.6) is 0 Å². The van der Waals surface area contributed by atoms with Gasteiger partial charge in [0.2, 0.25) is 5.95 Å². The summed E-state index contributed by atoms with van der Waals surface area (Å²) in [5, 5.41) is 9.57. The van der Waals surface area contributed by atoms with Crippen molar-refractivity contribution in [2.24, 2.45) is 0 Å². The zero-order valence-corrected chi connectivity index (χ0v) is 35.0. The van der Waals surface area contributed by atoms with E-state index in [-0.39, 0.29) is 0 Å². The van der Waals surface area contributed by atoms with Crippen molar-refractivity contribution >= 4 is 72.6 Å². The topological polar surface area (TPSA) is 69.6 Å². The highest BCUT2D eigenvalue weighted by Gasteiger charge is 2.41. The molecule has 0 fully saturated rings. The van der Waals surface area contributed by atoms with Crippen LogP contribution in [0, 0.1) is 0 Å². The van der Waals surface area contributed by atoms with E-state index in [4.69, 9.17) is 19.4 Å². The lowest BCUT2D eigenvalue weighted by atomic mass is 9.99. The molecule has 0 saturated heterocycles. The van der Waals surface area contributed by atoms with E-state index in [1.807, 2.05) is 24.4 Å². The van der Waals surface area contributed by atoms with Crippen molar-refractivity contribution in [1.29, 1.82) is 0 Å². The van der Waals surface area contributed by atoms with Crippen molar-refractivity contribution in [3.8, 4) is 39.9 Å². The number of nitrogens with zero attached hydrogens (tertiary/aromatic N) is 5. The van der Waals surface area contributed by atoms with E-state index in [1.54, 1.807) is 6.20 Å². The fourth-order valence-electron chi connectivity index (χ4n) is 9.51. The summed E-state index contributed by atoms with van der Waals surface area (Å²) < 4.78 is 8.36. The zero-order chi connectivity index (χ0) is 41.7. The predicted octanol–water partition coefficient (Wildman–Crippen LogP) is 10.6. The van der Waals surface area contributed by atoms with E-state index in [1.165, 1.54) is 20.7 Å². The minimum Gasteiger partial charge on any atom is -0.456 e. The average molecular weight is 824 g/mol. The summed E-state index contributed by atoms with van der Waals surface area (Å²) >= 11 is 0. The van der Waals surface area contributed by atoms with Crippen molar-refractivity contribution in [1.82, 2.24) is 24.5 Å². The molecule has 4 aromatic heterocycles. The number of para-hydroxylation sites is 2. The maximum Gasteiger partial charge on any atom is 0.238 e. The molecule has 4 heterocycles. The molecule has 0 saturated carbocycles. The van der Waals surface area contributed by atoms with Gasteiger partial charge in [0, 0.05) is 45.1 Å². The number of rotatable bonds is 8. The number of furan rings is 1. The molecule has 0 amide bonds. The second kappa shape index (κ2) is 15.0. The van der Waals surface area contributed by atoms with Gasteiger partial charge in [0.05, 0.1) is 11.0 Å². The van der Waals surface area contributed by atoms with Crippen molar-refractivity contribution in [2.75, 3.05) is 0 Å². The van der Waals surface area contributed by atoms with Gasteiger partial charge in [-0.3, -0.25) is 9.55 Å². The molecule has 0 radical (unpaired) electrons. The summed E-state index contributed by atoms with van der Waals surface area (Å²) in [4.78, 5) is 20.2. The minimum atomic E-state index is -2.73. The van der Waals surface area contributed by atoms with Gasteiger partial charge in [-0.2, -0.15) is 9.97 Å². The maximum atomic E-state index is 6.20. The van der Waals surface area contributed by atoms with Gasteiger partial charge in [0.1, 0.15) is 11.2 Å². The maximum absolute atomic E-state index is 6.20. The van der Waals surface area contributed by atoms with E-state index < -0.39 is 8.07 Å². The fraction of sp³-hybridized carbons (Fsp3) is 0. The molecule has 0 spiro atoms. The molecule has 0 aliphatic heterocycles. The molecular weight excluding hydrogens is 787 g/mol. The quantitative estimate of drug-likeness (QED) is 0.113. The predicted molar refractivity (Wildman–Crippen MR) is 259 cm³/mol. The number of hydrogen-bond donors (Lipinski definition) is 0. The lowest BCUT2D eigenvalue weighted by Gasteiger charge is -2.34. The molecule has 8 aromatic carbocycles. The second-order valence-corrected chi connectivity index (χ2v) is 19.6. The molecule has 12 rings (SSSR count). The van der Waals surface area contributed by atoms with Gasteiger partial charge in [-0.25, -0.2) is 4.98 Å². The first-order valence-electron chi connectivity index (χ1n) is 21.1. The van der Waals surface area contributed by atoms with Gasteiger partial charge in [-0.15, -0.1) is 0 Å². The summed E-state index contributed by atoms with van der Waals surface area (Å²) in [6, 6.07) is 75.4. The Balaban J connectivity index is 1.03. The third-order valence-electron chi connectivity index (χ3n) is 12.4. The molecule has 63 heavy (non-hydrogen) atoms. The molecule has 6 nitrogen and oxygen atoms in total. The van der Waals surface area contributed by atoms with Gasteiger partial charge < -0.3 is 4.42 Å². The van der Waals surface area contributed by atoms with Crippen molar-refractivity contribution in [3.05, 3.63) is 225 Å². The Morgan fingerprint density at radius 3 is 1.44 bits per heavy atom. The van der Waals surface area contributed by atoms with E-state index in [9.17, 15) is 0 Å². The Bertz CT molecular complexity index is 3460. The van der Waals surface area contributed by atoms with Gasteiger partial charge >= 0.3 is 0 Å². The summed E-state index contributed by atoms with van der Waals surface area (Å²) in [5.41, 5.74) is 7.65. The first-order valence-corrected chi connectivity index (χ1v) is 23.1. The number of fused-ring (bicyclic) bond motifs is 6. The van der Waals surface area contributed by atoms with Crippen LogP contribution in [0.4, 0.5) is 0 Å². The largest absolute Gasteiger partial charge is 0.456 e. The molecule has 0 N–H and O–H groups in total. The van der Waals surface area contributed by atoms with E-state index in [0.717, 1.165) is 66.0 Å². The number of pyridine rings is 1. The average Bonchev–Trinajstić information content (AvgIpc) is 3.92. The standard InChI is InChI=1S/C56H37N5OSi/c1-4-15-41(16-5-1)63(42-17-6-2-7-18-42,43-19-8-3-9-20-43)44-33-31-40(32-34-44)55-58-54(59-56(60-55)61-49-24-12-10-21-46(49)47-22-11-13-25-50(47)61)39-29-27-38(28-30-39)45-23-14-26-52-53(45)48-37-57-36-35-51(48)62-52/h1-37H. The van der Waals surface area contributed by atoms with Crippen LogP contribution in [-0.4, -0.2) is 32.6 Å². The van der Waals surface area contributed by atoms with Crippen LogP contribution in [-0.2, 0) is 0 Å². The smallest absolute Gasteiger partial charge is 0.238 e. The van der Waals surface area contributed by atoms with Crippen LogP contribution in [0.3, 0.4) is 0 Å². The zero-order valence-electron chi connectivity index (χ0n) is 34.0. The SMILES string of the molecule is c1ccc([Si](c2ccccc2)(c2ccccc2)c2ccc(-c3nc(-c4ccc(-c5cccc6oc7ccncc7c56)cc4)nc(-n4c5ccccc5c5ccccc54)n3)cc2)cc1. The highest BCUT2D eigenvalue weighted by molar-refractivity contribution is 7.19. The van der Waals surface area contributed by atoms with Gasteiger partial charge in [-0.05, 0) is 56.1 Å². The highest BCUT2D eigenvalue weighted by atomic mass is 28.3. The van der Waals surface area contributed by atoms with E-state index in [0.29, 0.717) is 17.6 Å². The molecule has 0 aliphatic carbocycles. The summed E-state index contributed by atoms with van der Waals surface area (Å²) in [6.07, 6.45) is 3.64. The third-order valence-corrected chi connectivity index (χ3v) is 17.1. The van der Waals surface area contributed by atoms with Crippen LogP contribution >= 0.6 is 0 Å². The lowest BCUT2D eigenvalue weighted by Crippen LogP contribution is -2.74. The third kappa shape index (κ3) is 6.01. The Hall–Kier alpha value is -8.26. The van der Waals surface area contributed by atoms with E-state index in [2.05, 4.69) is 204 Å². The van der Waals surface area contributed by atoms with Gasteiger partial charge in [0.15, 0.2) is 19.7 Å². The molecule has 12 aromatic rings. The monoisotopic (exact) mass is 823 g/mol. The van der Waals surface area contributed by atoms with Crippen molar-refractivity contribution < 1.29 is 4.42 Å². The van der Waals surface area contributed by atoms with Crippen LogP contribution in [0.1, 0.15) is 0 Å². The van der Waals surface area contributed by atoms with Crippen LogP contribution in [0.25, 0.3) is 83.6 Å². The number of hydrogen-bond acceptors (Lipinski definition) is 5. The molecule has 0 atom stereocenters. The molecule has 296 valence electrons. The van der Waals surface area contributed by atoms with Crippen molar-refractivity contribution in [3.63, 3.8) is 0 Å². The minimum absolute atomic E-state index is 0.560. The second-order valence-electron chi connectivity index (χ2n) is 15.8. The Morgan fingerprint density at radius 1 is 0.381 bits per heavy atom. The molecule has 7 heteroatoms. The molecule has 0 unspecified atom stereocenters. The summed E-state index contributed by atoms with van der Waals surface area (Å²) in [6.45, 7) is 0. The number of aromatic nitrogens is 5. The Labute approximate surface area is 364 Å². The summed E-state index contributed by atoms with van der Waals surface area (Å²) in [7, 11) is -2.73. The Kier molecular flexibility index (Phi) is 8.72. The van der Waals surface area contributed by atoms with Crippen molar-refractivity contribution in [2.45, 2.75) is 0 Å². The Morgan fingerprint density at radius 2 is 0.873 bits per heavy atom. The number of benzene rings is 8. The first kappa shape index (κ1) is 36.6. The molecule has 0 aliphatic rings. The van der Waals surface area contributed by atoms with Crippen LogP contribution in [0.15, 0.2) is 229 Å². The fourth-order valence-corrected chi connectivity index (χ4v) is 14.2. The lowest BCUT2D eigenvalue weighted by molar-refractivity contribution is 0.668. The van der Waals surface area contributed by atoms with Gasteiger partial charge in [-0.1, -0.05) is 188 Å². The normalized spacial score (nSPS) is 11.8. The van der Waals surface area contributed by atoms with E-state index >= 15 is 0 Å². The summed E-state index contributed by atoms with van der Waals surface area (Å²) in [5.74, 6) is 1.75.